The molecule has 0 radical (unpaired) electrons. The van der Waals surface area contributed by atoms with E-state index < -0.39 is 0 Å². The first-order valence-corrected chi connectivity index (χ1v) is 7.25. The number of nitrogens with one attached hydrogen (secondary N) is 1. The minimum absolute atomic E-state index is 1.09. The Morgan fingerprint density at radius 3 is 2.56 bits per heavy atom. The van der Waals surface area contributed by atoms with Crippen molar-refractivity contribution in [3.05, 3.63) is 34.9 Å². The number of hydrogen-bond donors (Lipinski definition) is 1. The van der Waals surface area contributed by atoms with E-state index in [9.17, 15) is 0 Å². The largest absolute Gasteiger partial charge is 0.315 e. The van der Waals surface area contributed by atoms with Crippen LogP contribution in [-0.4, -0.2) is 37.6 Å². The number of likely N-dealkylation sites (tertiary alicyclic amines) is 1. The average Bonchev–Trinajstić information content (AvgIpc) is 2.86. The molecule has 1 aliphatic rings. The molecule has 1 N–H and O–H groups in total. The SMILES string of the molecule is Cc1ccc(CCNCCN2CCCC2)cc1C. The Balaban J connectivity index is 1.61. The minimum Gasteiger partial charge on any atom is -0.315 e. The second-order valence-corrected chi connectivity index (χ2v) is 5.47. The molecule has 0 aliphatic carbocycles. The van der Waals surface area contributed by atoms with E-state index in [4.69, 9.17) is 0 Å². The van der Waals surface area contributed by atoms with Crippen LogP contribution >= 0.6 is 0 Å². The maximum Gasteiger partial charge on any atom is 0.0107 e. The first-order valence-electron chi connectivity index (χ1n) is 7.25. The molecule has 1 aromatic rings. The molecule has 0 atom stereocenters. The molecule has 2 rings (SSSR count). The standard InChI is InChI=1S/C16H26N2/c1-14-5-6-16(13-15(14)2)7-8-17-9-12-18-10-3-4-11-18/h5-6,13,17H,3-4,7-12H2,1-2H3. The van der Waals surface area contributed by atoms with Gasteiger partial charge in [0.25, 0.3) is 0 Å². The maximum atomic E-state index is 3.55. The predicted molar refractivity (Wildman–Crippen MR) is 78.2 cm³/mol. The number of hydrogen-bond acceptors (Lipinski definition) is 2. The second kappa shape index (κ2) is 6.91. The Kier molecular flexibility index (Phi) is 5.21. The fourth-order valence-electron chi connectivity index (χ4n) is 2.56. The molecule has 0 aromatic heterocycles. The van der Waals surface area contributed by atoms with Crippen molar-refractivity contribution in [2.45, 2.75) is 33.1 Å². The summed E-state index contributed by atoms with van der Waals surface area (Å²) in [5.74, 6) is 0. The summed E-state index contributed by atoms with van der Waals surface area (Å²) >= 11 is 0. The summed E-state index contributed by atoms with van der Waals surface area (Å²) in [4.78, 5) is 2.56. The molecule has 0 amide bonds. The summed E-state index contributed by atoms with van der Waals surface area (Å²) in [6.07, 6.45) is 3.92. The molecule has 1 heterocycles. The van der Waals surface area contributed by atoms with Gasteiger partial charge in [0.15, 0.2) is 0 Å². The normalized spacial score (nSPS) is 16.3. The van der Waals surface area contributed by atoms with Crippen LogP contribution in [0.4, 0.5) is 0 Å². The summed E-state index contributed by atoms with van der Waals surface area (Å²) in [6, 6.07) is 6.80. The third kappa shape index (κ3) is 4.11. The zero-order valence-electron chi connectivity index (χ0n) is 11.8. The lowest BCUT2D eigenvalue weighted by atomic mass is 10.0. The fraction of sp³-hybridized carbons (Fsp3) is 0.625. The van der Waals surface area contributed by atoms with Gasteiger partial charge in [0, 0.05) is 13.1 Å². The van der Waals surface area contributed by atoms with Gasteiger partial charge in [0.05, 0.1) is 0 Å². The van der Waals surface area contributed by atoms with E-state index >= 15 is 0 Å². The van der Waals surface area contributed by atoms with Crippen molar-refractivity contribution >= 4 is 0 Å². The van der Waals surface area contributed by atoms with Crippen LogP contribution in [0.3, 0.4) is 0 Å². The zero-order valence-corrected chi connectivity index (χ0v) is 11.8. The monoisotopic (exact) mass is 246 g/mol. The summed E-state index contributed by atoms with van der Waals surface area (Å²) in [7, 11) is 0. The van der Waals surface area contributed by atoms with Gasteiger partial charge >= 0.3 is 0 Å². The first kappa shape index (κ1) is 13.6. The van der Waals surface area contributed by atoms with E-state index in [1.807, 2.05) is 0 Å². The zero-order chi connectivity index (χ0) is 12.8. The lowest BCUT2D eigenvalue weighted by Crippen LogP contribution is -2.30. The van der Waals surface area contributed by atoms with Crippen molar-refractivity contribution in [2.24, 2.45) is 0 Å². The highest BCUT2D eigenvalue weighted by Crippen LogP contribution is 2.10. The highest BCUT2D eigenvalue weighted by atomic mass is 15.1. The van der Waals surface area contributed by atoms with Crippen molar-refractivity contribution in [3.8, 4) is 0 Å². The summed E-state index contributed by atoms with van der Waals surface area (Å²) in [5, 5.41) is 3.55. The van der Waals surface area contributed by atoms with E-state index in [1.54, 1.807) is 0 Å². The van der Waals surface area contributed by atoms with Crippen LogP contribution in [0.2, 0.25) is 0 Å². The summed E-state index contributed by atoms with van der Waals surface area (Å²) < 4.78 is 0. The molecular formula is C16H26N2. The highest BCUT2D eigenvalue weighted by molar-refractivity contribution is 5.29. The van der Waals surface area contributed by atoms with Crippen LogP contribution < -0.4 is 5.32 Å². The molecule has 18 heavy (non-hydrogen) atoms. The van der Waals surface area contributed by atoms with Gasteiger partial charge in [-0.05, 0) is 69.4 Å². The maximum absolute atomic E-state index is 3.55. The number of aryl methyl sites for hydroxylation is 2. The topological polar surface area (TPSA) is 15.3 Å². The lowest BCUT2D eigenvalue weighted by Gasteiger charge is -2.14. The van der Waals surface area contributed by atoms with Gasteiger partial charge in [-0.25, -0.2) is 0 Å². The van der Waals surface area contributed by atoms with E-state index in [0.29, 0.717) is 0 Å². The van der Waals surface area contributed by atoms with Crippen molar-refractivity contribution < 1.29 is 0 Å². The lowest BCUT2D eigenvalue weighted by molar-refractivity contribution is 0.336. The average molecular weight is 246 g/mol. The summed E-state index contributed by atoms with van der Waals surface area (Å²) in [6.45, 7) is 10.4. The Hall–Kier alpha value is -0.860. The van der Waals surface area contributed by atoms with Crippen LogP contribution in [0, 0.1) is 13.8 Å². The van der Waals surface area contributed by atoms with Gasteiger partial charge in [-0.3, -0.25) is 0 Å². The molecule has 0 saturated carbocycles. The predicted octanol–water partition coefficient (Wildman–Crippen LogP) is 2.53. The van der Waals surface area contributed by atoms with Crippen LogP contribution in [0.1, 0.15) is 29.5 Å². The molecule has 0 unspecified atom stereocenters. The molecule has 0 spiro atoms. The quantitative estimate of drug-likeness (QED) is 0.776. The molecule has 2 nitrogen and oxygen atoms in total. The second-order valence-electron chi connectivity index (χ2n) is 5.47. The Bertz CT molecular complexity index is 367. The van der Waals surface area contributed by atoms with Crippen LogP contribution in [0.25, 0.3) is 0 Å². The van der Waals surface area contributed by atoms with E-state index in [1.165, 1.54) is 49.2 Å². The van der Waals surface area contributed by atoms with Gasteiger partial charge < -0.3 is 10.2 Å². The van der Waals surface area contributed by atoms with E-state index in [2.05, 4.69) is 42.3 Å². The third-order valence-electron chi connectivity index (χ3n) is 3.97. The Labute approximate surface area is 111 Å². The van der Waals surface area contributed by atoms with Gasteiger partial charge in [-0.15, -0.1) is 0 Å². The van der Waals surface area contributed by atoms with E-state index in [-0.39, 0.29) is 0 Å². The van der Waals surface area contributed by atoms with Crippen molar-refractivity contribution in [1.29, 1.82) is 0 Å². The van der Waals surface area contributed by atoms with Crippen molar-refractivity contribution in [2.75, 3.05) is 32.7 Å². The van der Waals surface area contributed by atoms with Crippen LogP contribution in [0.15, 0.2) is 18.2 Å². The first-order chi connectivity index (χ1) is 8.75. The van der Waals surface area contributed by atoms with Gasteiger partial charge in [-0.2, -0.15) is 0 Å². The Morgan fingerprint density at radius 2 is 1.83 bits per heavy atom. The van der Waals surface area contributed by atoms with Crippen LogP contribution in [-0.2, 0) is 6.42 Å². The molecule has 100 valence electrons. The molecule has 1 fully saturated rings. The van der Waals surface area contributed by atoms with Gasteiger partial charge in [-0.1, -0.05) is 18.2 Å². The van der Waals surface area contributed by atoms with Gasteiger partial charge in [0.1, 0.15) is 0 Å². The molecule has 1 saturated heterocycles. The Morgan fingerprint density at radius 1 is 1.06 bits per heavy atom. The highest BCUT2D eigenvalue weighted by Gasteiger charge is 2.09. The molecular weight excluding hydrogens is 220 g/mol. The molecule has 1 aromatic carbocycles. The number of rotatable bonds is 6. The number of benzene rings is 1. The molecule has 0 bridgehead atoms. The van der Waals surface area contributed by atoms with Crippen molar-refractivity contribution in [3.63, 3.8) is 0 Å². The molecule has 2 heteroatoms. The van der Waals surface area contributed by atoms with E-state index in [0.717, 1.165) is 19.5 Å². The third-order valence-corrected chi connectivity index (χ3v) is 3.97. The minimum atomic E-state index is 1.09. The molecule has 1 aliphatic heterocycles. The smallest absolute Gasteiger partial charge is 0.0107 e. The van der Waals surface area contributed by atoms with Gasteiger partial charge in [0.2, 0.25) is 0 Å². The fourth-order valence-corrected chi connectivity index (χ4v) is 2.56. The van der Waals surface area contributed by atoms with Crippen LogP contribution in [0.5, 0.6) is 0 Å². The number of nitrogens with zero attached hydrogens (tertiary/aromatic N) is 1. The summed E-state index contributed by atoms with van der Waals surface area (Å²) in [5.41, 5.74) is 4.25. The van der Waals surface area contributed by atoms with Crippen molar-refractivity contribution in [1.82, 2.24) is 10.2 Å².